The predicted molar refractivity (Wildman–Crippen MR) is 47.6 cm³/mol. The minimum Gasteiger partial charge on any atom is -0.480 e. The lowest BCUT2D eigenvalue weighted by atomic mass is 10.2. The van der Waals surface area contributed by atoms with Crippen LogP contribution in [0, 0.1) is 0 Å². The number of carboxylic acids is 1. The van der Waals surface area contributed by atoms with Crippen LogP contribution >= 0.6 is 0 Å². The summed E-state index contributed by atoms with van der Waals surface area (Å²) in [5, 5.41) is 20.1. The Balaban J connectivity index is 3.85. The van der Waals surface area contributed by atoms with Crippen LogP contribution < -0.4 is 5.32 Å². The average molecular weight is 191 g/mol. The zero-order valence-corrected chi connectivity index (χ0v) is 7.99. The summed E-state index contributed by atoms with van der Waals surface area (Å²) in [5.41, 5.74) is 0. The Kier molecular flexibility index (Phi) is 6.48. The summed E-state index contributed by atoms with van der Waals surface area (Å²) in [7, 11) is 1.54. The Morgan fingerprint density at radius 3 is 2.62 bits per heavy atom. The van der Waals surface area contributed by atoms with Crippen LogP contribution in [0.15, 0.2) is 0 Å². The summed E-state index contributed by atoms with van der Waals surface area (Å²) < 4.78 is 4.87. The predicted octanol–water partition coefficient (Wildman–Crippen LogP) is -0.553. The molecule has 5 heteroatoms. The molecule has 2 unspecified atom stereocenters. The van der Waals surface area contributed by atoms with E-state index in [4.69, 9.17) is 14.9 Å². The standard InChI is InChI=1S/C8H17NO4/c1-6(8(11)12)9-7(3-4-10)5-13-2/h6-7,9-10H,3-5H2,1-2H3,(H,11,12). The molecule has 0 bridgehead atoms. The van der Waals surface area contributed by atoms with Gasteiger partial charge in [0.05, 0.1) is 6.61 Å². The largest absolute Gasteiger partial charge is 0.480 e. The first-order valence-electron chi connectivity index (χ1n) is 4.20. The number of rotatable bonds is 7. The lowest BCUT2D eigenvalue weighted by Gasteiger charge is -2.19. The SMILES string of the molecule is COCC(CCO)NC(C)C(=O)O. The van der Waals surface area contributed by atoms with E-state index in [1.807, 2.05) is 0 Å². The maximum atomic E-state index is 10.5. The normalized spacial score (nSPS) is 15.3. The number of ether oxygens (including phenoxy) is 1. The maximum Gasteiger partial charge on any atom is 0.320 e. The molecule has 0 radical (unpaired) electrons. The van der Waals surface area contributed by atoms with Crippen LogP contribution in [0.2, 0.25) is 0 Å². The minimum absolute atomic E-state index is 0.0212. The van der Waals surface area contributed by atoms with Gasteiger partial charge in [-0.25, -0.2) is 0 Å². The second kappa shape index (κ2) is 6.82. The summed E-state index contributed by atoms with van der Waals surface area (Å²) in [6, 6.07) is -0.729. The van der Waals surface area contributed by atoms with Crippen LogP contribution in [0.3, 0.4) is 0 Å². The number of carbonyl (C=O) groups is 1. The molecule has 5 nitrogen and oxygen atoms in total. The smallest absolute Gasteiger partial charge is 0.320 e. The van der Waals surface area contributed by atoms with Crippen LogP contribution in [0.1, 0.15) is 13.3 Å². The van der Waals surface area contributed by atoms with Crippen molar-refractivity contribution < 1.29 is 19.7 Å². The molecule has 2 atom stereocenters. The quantitative estimate of drug-likeness (QED) is 0.503. The van der Waals surface area contributed by atoms with Gasteiger partial charge in [-0.3, -0.25) is 10.1 Å². The van der Waals surface area contributed by atoms with Crippen LogP contribution in [0.25, 0.3) is 0 Å². The van der Waals surface area contributed by atoms with Gasteiger partial charge in [-0.05, 0) is 13.3 Å². The van der Waals surface area contributed by atoms with E-state index in [0.29, 0.717) is 13.0 Å². The van der Waals surface area contributed by atoms with Crippen molar-refractivity contribution in [1.29, 1.82) is 0 Å². The van der Waals surface area contributed by atoms with E-state index in [2.05, 4.69) is 5.32 Å². The lowest BCUT2D eigenvalue weighted by molar-refractivity contribution is -0.139. The fraction of sp³-hybridized carbons (Fsp3) is 0.875. The van der Waals surface area contributed by atoms with Crippen LogP contribution in [0.5, 0.6) is 0 Å². The topological polar surface area (TPSA) is 78.8 Å². The van der Waals surface area contributed by atoms with Gasteiger partial charge in [0, 0.05) is 19.8 Å². The number of aliphatic hydroxyl groups is 1. The lowest BCUT2D eigenvalue weighted by Crippen LogP contribution is -2.44. The van der Waals surface area contributed by atoms with Crippen LogP contribution in [0.4, 0.5) is 0 Å². The minimum atomic E-state index is -0.904. The van der Waals surface area contributed by atoms with E-state index in [0.717, 1.165) is 0 Å². The van der Waals surface area contributed by atoms with E-state index < -0.39 is 12.0 Å². The number of hydrogen-bond acceptors (Lipinski definition) is 4. The van der Waals surface area contributed by atoms with Crippen molar-refractivity contribution in [2.24, 2.45) is 0 Å². The number of hydrogen-bond donors (Lipinski definition) is 3. The Morgan fingerprint density at radius 1 is 1.62 bits per heavy atom. The van der Waals surface area contributed by atoms with E-state index in [1.54, 1.807) is 6.92 Å². The van der Waals surface area contributed by atoms with Gasteiger partial charge in [-0.2, -0.15) is 0 Å². The highest BCUT2D eigenvalue weighted by molar-refractivity contribution is 5.72. The van der Waals surface area contributed by atoms with Gasteiger partial charge in [-0.1, -0.05) is 0 Å². The number of aliphatic hydroxyl groups excluding tert-OH is 1. The molecule has 0 aromatic carbocycles. The molecule has 0 amide bonds. The first kappa shape index (κ1) is 12.3. The van der Waals surface area contributed by atoms with Gasteiger partial charge in [0.1, 0.15) is 6.04 Å². The maximum absolute atomic E-state index is 10.5. The van der Waals surface area contributed by atoms with Crippen molar-refractivity contribution in [1.82, 2.24) is 5.32 Å². The molecule has 0 fully saturated rings. The van der Waals surface area contributed by atoms with Crippen molar-refractivity contribution in [3.05, 3.63) is 0 Å². The van der Waals surface area contributed by atoms with Crippen molar-refractivity contribution in [3.63, 3.8) is 0 Å². The average Bonchev–Trinajstić information content (AvgIpc) is 2.05. The van der Waals surface area contributed by atoms with Gasteiger partial charge < -0.3 is 14.9 Å². The molecule has 0 aliphatic carbocycles. The molecule has 0 aromatic rings. The molecular weight excluding hydrogens is 174 g/mol. The molecule has 0 aliphatic heterocycles. The number of nitrogens with one attached hydrogen (secondary N) is 1. The van der Waals surface area contributed by atoms with E-state index in [-0.39, 0.29) is 12.6 Å². The molecule has 0 heterocycles. The zero-order chi connectivity index (χ0) is 10.3. The van der Waals surface area contributed by atoms with Gasteiger partial charge in [0.25, 0.3) is 0 Å². The van der Waals surface area contributed by atoms with Crippen molar-refractivity contribution in [2.75, 3.05) is 20.3 Å². The van der Waals surface area contributed by atoms with Gasteiger partial charge in [-0.15, -0.1) is 0 Å². The van der Waals surface area contributed by atoms with E-state index in [1.165, 1.54) is 7.11 Å². The Hall–Kier alpha value is -0.650. The first-order valence-corrected chi connectivity index (χ1v) is 4.20. The second-order valence-electron chi connectivity index (χ2n) is 2.89. The molecular formula is C8H17NO4. The third kappa shape index (κ3) is 5.57. The molecule has 0 rings (SSSR count). The fourth-order valence-corrected chi connectivity index (χ4v) is 0.997. The molecule has 0 saturated heterocycles. The van der Waals surface area contributed by atoms with Gasteiger partial charge in [0.2, 0.25) is 0 Å². The molecule has 78 valence electrons. The molecule has 0 aromatic heterocycles. The summed E-state index contributed by atoms with van der Waals surface area (Å²) in [4.78, 5) is 10.5. The van der Waals surface area contributed by atoms with Crippen molar-refractivity contribution in [2.45, 2.75) is 25.4 Å². The Morgan fingerprint density at radius 2 is 2.23 bits per heavy atom. The number of methoxy groups -OCH3 is 1. The molecule has 0 saturated carbocycles. The summed E-state index contributed by atoms with van der Waals surface area (Å²) >= 11 is 0. The summed E-state index contributed by atoms with van der Waals surface area (Å²) in [6.45, 7) is 1.98. The molecule has 0 aliphatic rings. The number of aliphatic carboxylic acids is 1. The molecule has 3 N–H and O–H groups in total. The highest BCUT2D eigenvalue weighted by Crippen LogP contribution is 1.94. The first-order chi connectivity index (χ1) is 6.11. The molecule has 13 heavy (non-hydrogen) atoms. The van der Waals surface area contributed by atoms with Crippen LogP contribution in [-0.4, -0.2) is 48.6 Å². The van der Waals surface area contributed by atoms with E-state index >= 15 is 0 Å². The van der Waals surface area contributed by atoms with Crippen LogP contribution in [-0.2, 0) is 9.53 Å². The highest BCUT2D eigenvalue weighted by Gasteiger charge is 2.16. The Bertz CT molecular complexity index is 145. The summed E-state index contributed by atoms with van der Waals surface area (Å²) in [5.74, 6) is -0.904. The van der Waals surface area contributed by atoms with Gasteiger partial charge in [0.15, 0.2) is 0 Å². The third-order valence-electron chi connectivity index (χ3n) is 1.70. The zero-order valence-electron chi connectivity index (χ0n) is 7.99. The van der Waals surface area contributed by atoms with Crippen molar-refractivity contribution >= 4 is 5.97 Å². The Labute approximate surface area is 77.7 Å². The summed E-state index contributed by atoms with van der Waals surface area (Å²) in [6.07, 6.45) is 0.492. The molecule has 0 spiro atoms. The third-order valence-corrected chi connectivity index (χ3v) is 1.70. The van der Waals surface area contributed by atoms with E-state index in [9.17, 15) is 4.79 Å². The fourth-order valence-electron chi connectivity index (χ4n) is 0.997. The second-order valence-corrected chi connectivity index (χ2v) is 2.89. The van der Waals surface area contributed by atoms with Gasteiger partial charge >= 0.3 is 5.97 Å². The van der Waals surface area contributed by atoms with Crippen molar-refractivity contribution in [3.8, 4) is 0 Å². The highest BCUT2D eigenvalue weighted by atomic mass is 16.5. The number of carboxylic acid groups (broad SMARTS) is 1. The monoisotopic (exact) mass is 191 g/mol.